The minimum absolute atomic E-state index is 0.0686. The average Bonchev–Trinajstić information content (AvgIpc) is 3.18. The van der Waals surface area contributed by atoms with E-state index in [4.69, 9.17) is 4.74 Å². The molecule has 0 saturated carbocycles. The Kier molecular flexibility index (Phi) is 8.51. The second-order valence-corrected chi connectivity index (χ2v) is 9.53. The molecule has 2 aromatic carbocycles. The van der Waals surface area contributed by atoms with Crippen LogP contribution in [0, 0.1) is 5.92 Å². The number of aromatic nitrogens is 1. The zero-order valence-electron chi connectivity index (χ0n) is 18.1. The molecule has 2 amide bonds. The number of ether oxygens (including phenoxy) is 1. The van der Waals surface area contributed by atoms with E-state index in [0.717, 1.165) is 16.5 Å². The number of amides is 2. The second-order valence-electron chi connectivity index (χ2n) is 7.82. The number of carbonyl (C=O) groups is 2. The maximum absolute atomic E-state index is 12.9. The molecule has 4 N–H and O–H groups in total. The van der Waals surface area contributed by atoms with Gasteiger partial charge >= 0.3 is 6.09 Å². The summed E-state index contributed by atoms with van der Waals surface area (Å²) in [4.78, 5) is 28.3. The summed E-state index contributed by atoms with van der Waals surface area (Å²) in [5.41, 5.74) is 4.94. The highest BCUT2D eigenvalue weighted by Gasteiger charge is 2.23. The largest absolute Gasteiger partial charge is 0.506 e. The lowest BCUT2D eigenvalue weighted by molar-refractivity contribution is -0.123. The van der Waals surface area contributed by atoms with E-state index in [9.17, 15) is 14.7 Å². The first-order chi connectivity index (χ1) is 15.7. The van der Waals surface area contributed by atoms with Crippen molar-refractivity contribution in [1.82, 2.24) is 15.7 Å². The van der Waals surface area contributed by atoms with E-state index in [1.54, 1.807) is 12.1 Å². The lowest BCUT2D eigenvalue weighted by Gasteiger charge is -2.17. The fourth-order valence-corrected chi connectivity index (χ4v) is 4.29. The van der Waals surface area contributed by atoms with Gasteiger partial charge in [-0.15, -0.1) is 0 Å². The number of para-hydroxylation sites is 1. The fraction of sp³-hybridized carbons (Fsp3) is 0.261. The van der Waals surface area contributed by atoms with Crippen molar-refractivity contribution in [1.29, 1.82) is 0 Å². The van der Waals surface area contributed by atoms with Crippen LogP contribution < -0.4 is 10.7 Å². The number of rotatable bonds is 8. The number of hydrogen-bond acceptors (Lipinski definition) is 5. The standard InChI is InChI=1S/C23H24Br2N4O4/c1-13(2)12-33-23(32)28-20(9-15-11-26-19-6-4-3-5-16(15)19)22(31)29-27-10-14-7-17(24)21(30)18(25)8-14/h3-8,10-11,13,20,26,30H,9,12H2,1-2H3,(H,28,32)(H,29,31)/b27-10-/t20-/m1/s1. The quantitative estimate of drug-likeness (QED) is 0.226. The Bertz CT molecular complexity index is 1150. The zero-order valence-corrected chi connectivity index (χ0v) is 21.2. The molecule has 0 bridgehead atoms. The number of phenols is 1. The third-order valence-corrected chi connectivity index (χ3v) is 5.89. The molecular formula is C23H24Br2N4O4. The SMILES string of the molecule is CC(C)COC(=O)N[C@H](Cc1c[nH]c2ccccc12)C(=O)N/N=C\c1cc(Br)c(O)c(Br)c1. The van der Waals surface area contributed by atoms with Gasteiger partial charge in [0.05, 0.1) is 21.8 Å². The Balaban J connectivity index is 1.74. The van der Waals surface area contributed by atoms with E-state index in [2.05, 4.69) is 52.7 Å². The first kappa shape index (κ1) is 24.8. The third-order valence-electron chi connectivity index (χ3n) is 4.68. The average molecular weight is 580 g/mol. The van der Waals surface area contributed by atoms with Crippen molar-refractivity contribution < 1.29 is 19.4 Å². The second kappa shape index (κ2) is 11.3. The van der Waals surface area contributed by atoms with Gasteiger partial charge in [-0.3, -0.25) is 4.79 Å². The summed E-state index contributed by atoms with van der Waals surface area (Å²) in [6.07, 6.45) is 2.84. The molecule has 0 fully saturated rings. The summed E-state index contributed by atoms with van der Waals surface area (Å²) in [5.74, 6) is -0.251. The molecule has 0 spiro atoms. The number of aromatic hydroxyl groups is 1. The minimum Gasteiger partial charge on any atom is -0.506 e. The summed E-state index contributed by atoms with van der Waals surface area (Å²) in [5, 5.41) is 17.4. The highest BCUT2D eigenvalue weighted by molar-refractivity contribution is 9.11. The predicted molar refractivity (Wildman–Crippen MR) is 134 cm³/mol. The first-order valence-electron chi connectivity index (χ1n) is 10.2. The number of aromatic amines is 1. The van der Waals surface area contributed by atoms with E-state index in [1.807, 2.05) is 44.3 Å². The highest BCUT2D eigenvalue weighted by atomic mass is 79.9. The Morgan fingerprint density at radius 2 is 1.91 bits per heavy atom. The van der Waals surface area contributed by atoms with Gasteiger partial charge in [0.25, 0.3) is 5.91 Å². The van der Waals surface area contributed by atoms with E-state index in [1.165, 1.54) is 6.21 Å². The first-order valence-corrected chi connectivity index (χ1v) is 11.8. The summed E-state index contributed by atoms with van der Waals surface area (Å²) >= 11 is 6.50. The zero-order chi connectivity index (χ0) is 24.0. The minimum atomic E-state index is -0.903. The van der Waals surface area contributed by atoms with Crippen LogP contribution in [0.3, 0.4) is 0 Å². The number of hydrazone groups is 1. The summed E-state index contributed by atoms with van der Waals surface area (Å²) in [7, 11) is 0. The number of nitrogens with one attached hydrogen (secondary N) is 3. The molecule has 0 radical (unpaired) electrons. The molecule has 1 heterocycles. The van der Waals surface area contributed by atoms with Crippen LogP contribution in [0.5, 0.6) is 5.75 Å². The van der Waals surface area contributed by atoms with Gasteiger partial charge in [-0.2, -0.15) is 5.10 Å². The van der Waals surface area contributed by atoms with E-state index < -0.39 is 18.0 Å². The molecule has 3 aromatic rings. The summed E-state index contributed by atoms with van der Waals surface area (Å²) in [6.45, 7) is 4.10. The normalized spacial score (nSPS) is 12.3. The van der Waals surface area contributed by atoms with Gasteiger partial charge in [-0.05, 0) is 67.1 Å². The van der Waals surface area contributed by atoms with Crippen molar-refractivity contribution in [3.05, 3.63) is 62.7 Å². The van der Waals surface area contributed by atoms with Crippen LogP contribution >= 0.6 is 31.9 Å². The van der Waals surface area contributed by atoms with Crippen molar-refractivity contribution in [3.63, 3.8) is 0 Å². The topological polar surface area (TPSA) is 116 Å². The van der Waals surface area contributed by atoms with Crippen molar-refractivity contribution in [2.75, 3.05) is 6.61 Å². The van der Waals surface area contributed by atoms with Crippen molar-refractivity contribution in [3.8, 4) is 5.75 Å². The number of carbonyl (C=O) groups excluding carboxylic acids is 2. The molecule has 0 aliphatic heterocycles. The number of benzene rings is 2. The molecule has 1 atom stereocenters. The van der Waals surface area contributed by atoms with Crippen LogP contribution in [-0.2, 0) is 16.0 Å². The monoisotopic (exact) mass is 578 g/mol. The molecule has 0 aliphatic rings. The van der Waals surface area contributed by atoms with E-state index in [0.29, 0.717) is 14.5 Å². The number of nitrogens with zero attached hydrogens (tertiary/aromatic N) is 1. The molecule has 0 unspecified atom stereocenters. The van der Waals surface area contributed by atoms with Crippen LogP contribution in [0.25, 0.3) is 10.9 Å². The molecule has 3 rings (SSSR count). The van der Waals surface area contributed by atoms with Crippen LogP contribution in [0.1, 0.15) is 25.0 Å². The molecule has 0 aliphatic carbocycles. The van der Waals surface area contributed by atoms with Gasteiger partial charge in [0.1, 0.15) is 11.8 Å². The Labute approximate surface area is 208 Å². The smallest absolute Gasteiger partial charge is 0.407 e. The van der Waals surface area contributed by atoms with Gasteiger partial charge in [-0.25, -0.2) is 10.2 Å². The van der Waals surface area contributed by atoms with Gasteiger partial charge in [0.2, 0.25) is 0 Å². The molecule has 10 heteroatoms. The van der Waals surface area contributed by atoms with Gasteiger partial charge in [0.15, 0.2) is 0 Å². The fourth-order valence-electron chi connectivity index (χ4n) is 3.06. The predicted octanol–water partition coefficient (Wildman–Crippen LogP) is 4.84. The molecule has 0 saturated heterocycles. The summed E-state index contributed by atoms with van der Waals surface area (Å²) < 4.78 is 6.16. The van der Waals surface area contributed by atoms with Gasteiger partial charge in [0, 0.05) is 23.5 Å². The van der Waals surface area contributed by atoms with Crippen molar-refractivity contribution in [2.45, 2.75) is 26.3 Å². The Morgan fingerprint density at radius 1 is 1.21 bits per heavy atom. The number of H-pyrrole nitrogens is 1. The lowest BCUT2D eigenvalue weighted by Crippen LogP contribution is -2.47. The lowest BCUT2D eigenvalue weighted by atomic mass is 10.0. The maximum Gasteiger partial charge on any atom is 0.407 e. The van der Waals surface area contributed by atoms with Gasteiger partial charge < -0.3 is 20.1 Å². The van der Waals surface area contributed by atoms with Crippen molar-refractivity contribution >= 4 is 61.0 Å². The van der Waals surface area contributed by atoms with Crippen LogP contribution in [0.2, 0.25) is 0 Å². The molecule has 8 nitrogen and oxygen atoms in total. The Hall–Kier alpha value is -2.85. The molecule has 33 heavy (non-hydrogen) atoms. The summed E-state index contributed by atoms with van der Waals surface area (Å²) in [6, 6.07) is 10.1. The maximum atomic E-state index is 12.9. The molecular weight excluding hydrogens is 556 g/mol. The number of fused-ring (bicyclic) bond motifs is 1. The molecule has 174 valence electrons. The van der Waals surface area contributed by atoms with Crippen molar-refractivity contribution in [2.24, 2.45) is 11.0 Å². The highest BCUT2D eigenvalue weighted by Crippen LogP contribution is 2.32. The van der Waals surface area contributed by atoms with Crippen LogP contribution in [0.15, 0.2) is 56.6 Å². The van der Waals surface area contributed by atoms with Crippen LogP contribution in [0.4, 0.5) is 4.79 Å². The number of halogens is 2. The van der Waals surface area contributed by atoms with Gasteiger partial charge in [-0.1, -0.05) is 32.0 Å². The third kappa shape index (κ3) is 6.82. The molecule has 1 aromatic heterocycles. The van der Waals surface area contributed by atoms with Crippen LogP contribution in [-0.4, -0.2) is 41.0 Å². The van der Waals surface area contributed by atoms with E-state index in [-0.39, 0.29) is 24.7 Å². The number of phenolic OH excluding ortho intramolecular Hbond substituents is 1. The Morgan fingerprint density at radius 3 is 2.61 bits per heavy atom. The van der Waals surface area contributed by atoms with E-state index >= 15 is 0 Å². The number of hydrogen-bond donors (Lipinski definition) is 4. The number of alkyl carbamates (subject to hydrolysis) is 1.